The summed E-state index contributed by atoms with van der Waals surface area (Å²) in [6, 6.07) is 8.85. The van der Waals surface area contributed by atoms with Gasteiger partial charge in [-0.25, -0.2) is 4.99 Å². The third-order valence-electron chi connectivity index (χ3n) is 5.81. The fourth-order valence-corrected chi connectivity index (χ4v) is 4.04. The molecule has 1 heterocycles. The normalized spacial score (nSPS) is 18.7. The number of allylic oxidation sites excluding steroid dienone is 2. The third kappa shape index (κ3) is 6.63. The maximum atomic E-state index is 13.1. The fraction of sp³-hybridized carbons (Fsp3) is 0.346. The van der Waals surface area contributed by atoms with Gasteiger partial charge in [0.25, 0.3) is 0 Å². The summed E-state index contributed by atoms with van der Waals surface area (Å²) in [5, 5.41) is 8.97. The molecular weight excluding hydrogens is 457 g/mol. The van der Waals surface area contributed by atoms with E-state index in [1.165, 1.54) is 18.3 Å². The molecule has 1 aliphatic carbocycles. The van der Waals surface area contributed by atoms with E-state index >= 15 is 0 Å². The molecule has 1 aliphatic rings. The van der Waals surface area contributed by atoms with Gasteiger partial charge in [0, 0.05) is 30.2 Å². The Morgan fingerprint density at radius 3 is 2.46 bits per heavy atom. The first kappa shape index (κ1) is 25.8. The zero-order valence-corrected chi connectivity index (χ0v) is 19.6. The van der Waals surface area contributed by atoms with E-state index in [4.69, 9.17) is 14.7 Å². The largest absolute Gasteiger partial charge is 0.494 e. The molecule has 1 aromatic carbocycles. The maximum absolute atomic E-state index is 13.1. The molecule has 0 unspecified atom stereocenters. The van der Waals surface area contributed by atoms with E-state index in [-0.39, 0.29) is 18.0 Å². The highest BCUT2D eigenvalue weighted by Crippen LogP contribution is 2.40. The summed E-state index contributed by atoms with van der Waals surface area (Å²) in [5.74, 6) is 0.815. The molecule has 1 saturated carbocycles. The van der Waals surface area contributed by atoms with Crippen LogP contribution in [0.2, 0.25) is 0 Å². The van der Waals surface area contributed by atoms with E-state index < -0.39 is 11.7 Å². The number of hydrogen-bond acceptors (Lipinski definition) is 6. The minimum Gasteiger partial charge on any atom is -0.494 e. The molecule has 0 bridgehead atoms. The van der Waals surface area contributed by atoms with Crippen LogP contribution < -0.4 is 9.64 Å². The summed E-state index contributed by atoms with van der Waals surface area (Å²) in [6.07, 6.45) is 4.66. The van der Waals surface area contributed by atoms with Crippen LogP contribution in [0.15, 0.2) is 71.8 Å². The molecule has 3 rings (SSSR count). The van der Waals surface area contributed by atoms with Gasteiger partial charge in [0.05, 0.1) is 24.4 Å². The van der Waals surface area contributed by atoms with Gasteiger partial charge in [-0.1, -0.05) is 6.08 Å². The summed E-state index contributed by atoms with van der Waals surface area (Å²) in [5.41, 5.74) is 1.02. The number of pyridine rings is 1. The third-order valence-corrected chi connectivity index (χ3v) is 5.81. The van der Waals surface area contributed by atoms with E-state index in [2.05, 4.69) is 16.6 Å². The average molecular weight is 485 g/mol. The van der Waals surface area contributed by atoms with Crippen LogP contribution in [0, 0.1) is 11.3 Å². The van der Waals surface area contributed by atoms with Crippen LogP contribution in [0.5, 0.6) is 5.75 Å². The smallest absolute Gasteiger partial charge is 0.416 e. The Balaban J connectivity index is 1.78. The zero-order chi connectivity index (χ0) is 25.4. The molecule has 2 aromatic rings. The number of hydrogen-bond donors (Lipinski definition) is 0. The molecule has 6 nitrogen and oxygen atoms in total. The van der Waals surface area contributed by atoms with Crippen molar-refractivity contribution >= 4 is 17.6 Å². The van der Waals surface area contributed by atoms with Crippen molar-refractivity contribution in [2.24, 2.45) is 4.99 Å². The Kier molecular flexibility index (Phi) is 8.53. The molecule has 1 fully saturated rings. The van der Waals surface area contributed by atoms with Gasteiger partial charge in [0.2, 0.25) is 5.88 Å². The predicted octanol–water partition coefficient (Wildman–Crippen LogP) is 6.59. The van der Waals surface area contributed by atoms with Crippen molar-refractivity contribution < 1.29 is 22.6 Å². The highest BCUT2D eigenvalue weighted by Gasteiger charge is 2.32. The standard InChI is InChI=1S/C26H27F3N4O2/c1-4-19(15-30)16-32-18(2)35-23-11-9-22(10-12-23)33(24-17-31-14-13-25(24)34-3)21-7-5-20(6-8-21)26(27,28)29/h4-8,13-14,16-17,22-23H,2,9-12H2,1,3H3/b19-4-,32-16-. The Bertz CT molecular complexity index is 1110. The second-order valence-corrected chi connectivity index (χ2v) is 8.02. The van der Waals surface area contributed by atoms with Gasteiger partial charge < -0.3 is 14.4 Å². The number of alkyl halides is 3. The first-order valence-electron chi connectivity index (χ1n) is 11.2. The summed E-state index contributed by atoms with van der Waals surface area (Å²) in [7, 11) is 1.55. The van der Waals surface area contributed by atoms with Gasteiger partial charge >= 0.3 is 6.18 Å². The molecule has 9 heteroatoms. The lowest BCUT2D eigenvalue weighted by Gasteiger charge is -2.38. The van der Waals surface area contributed by atoms with Crippen molar-refractivity contribution in [3.8, 4) is 11.8 Å². The Hall–Kier alpha value is -3.80. The van der Waals surface area contributed by atoms with Crippen molar-refractivity contribution in [2.45, 2.75) is 50.9 Å². The molecule has 35 heavy (non-hydrogen) atoms. The minimum absolute atomic E-state index is 0.00494. The molecule has 0 amide bonds. The number of aromatic nitrogens is 1. The molecular formula is C26H27F3N4O2. The van der Waals surface area contributed by atoms with Crippen LogP contribution in [-0.4, -0.2) is 30.5 Å². The van der Waals surface area contributed by atoms with Crippen LogP contribution in [-0.2, 0) is 10.9 Å². The summed E-state index contributed by atoms with van der Waals surface area (Å²) in [6.45, 7) is 5.55. The number of benzene rings is 1. The molecule has 0 N–H and O–H groups in total. The maximum Gasteiger partial charge on any atom is 0.416 e. The second kappa shape index (κ2) is 11.6. The number of nitrogens with zero attached hydrogens (tertiary/aromatic N) is 4. The quantitative estimate of drug-likeness (QED) is 0.240. The molecule has 0 atom stereocenters. The topological polar surface area (TPSA) is 70.7 Å². The van der Waals surface area contributed by atoms with E-state index in [0.717, 1.165) is 25.0 Å². The number of rotatable bonds is 8. The van der Waals surface area contributed by atoms with Crippen LogP contribution >= 0.6 is 0 Å². The first-order valence-corrected chi connectivity index (χ1v) is 11.2. The van der Waals surface area contributed by atoms with E-state index in [9.17, 15) is 13.2 Å². The van der Waals surface area contributed by atoms with Gasteiger partial charge in [-0.2, -0.15) is 18.4 Å². The monoisotopic (exact) mass is 484 g/mol. The Morgan fingerprint density at radius 2 is 1.89 bits per heavy atom. The van der Waals surface area contributed by atoms with Crippen LogP contribution in [0.4, 0.5) is 24.5 Å². The lowest BCUT2D eigenvalue weighted by atomic mass is 9.91. The number of methoxy groups -OCH3 is 1. The van der Waals surface area contributed by atoms with Gasteiger partial charge in [-0.3, -0.25) is 4.98 Å². The molecule has 1 aromatic heterocycles. The number of aliphatic imine (C=N–C) groups is 1. The van der Waals surface area contributed by atoms with Crippen LogP contribution in [0.1, 0.15) is 38.2 Å². The van der Waals surface area contributed by atoms with Gasteiger partial charge in [-0.05, 0) is 63.5 Å². The lowest BCUT2D eigenvalue weighted by Crippen LogP contribution is -2.37. The SMILES string of the molecule is C=C(/N=C\C(C#N)=C/C)OC1CCC(N(c2ccc(C(F)(F)F)cc2)c2cnccc2OC)CC1. The predicted molar refractivity (Wildman–Crippen MR) is 129 cm³/mol. The highest BCUT2D eigenvalue weighted by atomic mass is 19.4. The number of ether oxygens (including phenoxy) is 2. The van der Waals surface area contributed by atoms with Crippen molar-refractivity contribution in [1.29, 1.82) is 5.26 Å². The van der Waals surface area contributed by atoms with Crippen LogP contribution in [0.3, 0.4) is 0 Å². The summed E-state index contributed by atoms with van der Waals surface area (Å²) >= 11 is 0. The fourth-order valence-electron chi connectivity index (χ4n) is 4.04. The van der Waals surface area contributed by atoms with E-state index in [1.807, 2.05) is 11.0 Å². The Labute approximate surface area is 203 Å². The number of halogens is 3. The number of anilines is 2. The molecule has 0 aliphatic heterocycles. The van der Waals surface area contributed by atoms with Gasteiger partial charge in [0.15, 0.2) is 0 Å². The average Bonchev–Trinajstić information content (AvgIpc) is 2.86. The molecule has 0 radical (unpaired) electrons. The first-order chi connectivity index (χ1) is 16.8. The van der Waals surface area contributed by atoms with Crippen LogP contribution in [0.25, 0.3) is 0 Å². The van der Waals surface area contributed by atoms with Gasteiger partial charge in [-0.15, -0.1) is 0 Å². The van der Waals surface area contributed by atoms with E-state index in [1.54, 1.807) is 38.6 Å². The van der Waals surface area contributed by atoms with Crippen molar-refractivity contribution in [1.82, 2.24) is 4.98 Å². The Morgan fingerprint density at radius 1 is 1.20 bits per heavy atom. The van der Waals surface area contributed by atoms with Gasteiger partial charge in [0.1, 0.15) is 23.6 Å². The van der Waals surface area contributed by atoms with E-state index in [0.29, 0.717) is 35.5 Å². The molecule has 0 spiro atoms. The minimum atomic E-state index is -4.41. The molecule has 184 valence electrons. The van der Waals surface area contributed by atoms with Crippen molar-refractivity contribution in [2.75, 3.05) is 12.0 Å². The van der Waals surface area contributed by atoms with Crippen molar-refractivity contribution in [3.63, 3.8) is 0 Å². The number of nitriles is 1. The lowest BCUT2D eigenvalue weighted by molar-refractivity contribution is -0.137. The summed E-state index contributed by atoms with van der Waals surface area (Å²) < 4.78 is 50.7. The van der Waals surface area contributed by atoms with Crippen molar-refractivity contribution in [3.05, 3.63) is 72.4 Å². The zero-order valence-electron chi connectivity index (χ0n) is 19.6. The molecule has 0 saturated heterocycles. The summed E-state index contributed by atoms with van der Waals surface area (Å²) in [4.78, 5) is 10.3. The second-order valence-electron chi connectivity index (χ2n) is 8.02. The highest BCUT2D eigenvalue weighted by molar-refractivity contribution is 5.84.